The molecule has 0 bridgehead atoms. The third kappa shape index (κ3) is 55.7. The average Bonchev–Trinajstić information content (AvgIpc) is 0.817. The van der Waals surface area contributed by atoms with E-state index in [1.807, 2.05) is 18.2 Å². The number of Topliss-reactive ketones (excluding diaryl/α,β-unsaturated/α-hetero) is 6. The number of ketones is 6. The molecule has 828 valence electrons. The van der Waals surface area contributed by atoms with Crippen molar-refractivity contribution in [2.24, 2.45) is 0 Å². The van der Waals surface area contributed by atoms with Gasteiger partial charge in [0.05, 0.1) is 176 Å². The van der Waals surface area contributed by atoms with E-state index in [1.165, 1.54) is 0 Å². The molecule has 0 amide bonds. The number of methoxy groups -OCH3 is 6. The molecule has 0 unspecified atom stereocenters. The van der Waals surface area contributed by atoms with Gasteiger partial charge in [-0.3, -0.25) is 0 Å². The number of ether oxygens (including phenoxy) is 24. The number of nitrogens with zero attached hydrogens (tertiary/aromatic N) is 6. The van der Waals surface area contributed by atoms with Crippen molar-refractivity contribution in [2.75, 3.05) is 273 Å². The number of carbonyl (C=O) groups excluding carboxylic acids is 6. The molecule has 0 aliphatic heterocycles. The highest BCUT2D eigenvalue weighted by atomic mass is 16.6. The van der Waals surface area contributed by atoms with Crippen LogP contribution in [0.2, 0.25) is 0 Å². The standard InChI is InChI=1S/C57H78N6O12.C51H78N6O18/c1-40(64)19-7-13-31-70-46-25-28-52(73-34-16-10-22-43(4)67)49(37-46)58-55-61-56(59-50-38-47(71-32-14-8-20-41(2)65)26-29-53(50)74-35-17-11-23-44(5)68)63-57(62-55)60-51-39-48(72-33-15-9-21-42(3)66)27-30-54(51)75-36-18-12-24-45(6)69;1-58-13-19-64-25-31-70-43-10-7-40(37-46(43)73-34-28-67-22-16-61-4)52-49-55-50(53-41-8-11-44(71-32-26-65-20-14-59-2)47(38-41)74-35-29-68-23-17-62-5)57-51(56-49)54-42-9-12-45(72-33-27-66-21-15-60-3)48(39-42)75-36-30-69-24-18-63-6/h25-30,37-39H,7-24,31-36H2,1-6H3,(H3,58,59,60,61,62,63);7-12,37-39H,13-36H2,1-6H3,(H3,52,53,54,55,56,57). The molecule has 0 saturated carbocycles. The SMILES string of the molecule is CC(=O)CCCCOc1ccc(OCCCCC(C)=O)c(Nc2nc(Nc3cc(OCCCCC(C)=O)ccc3OCCCCC(C)=O)nc(Nc3cc(OCCCCC(C)=O)ccc3OCCCCC(C)=O)n2)c1.COCCOCCOc1ccc(Nc2nc(Nc3ccc(OCCOCCOC)c(OCCOCCOC)c3)nc(Nc3ccc(OCCOCCOC)c(OCCOCCOC)c3)n2)cc1OCCOCCOC. The average molecular weight is 2100 g/mol. The van der Waals surface area contributed by atoms with E-state index in [1.54, 1.807) is 175 Å². The second-order valence-corrected chi connectivity index (χ2v) is 34.1. The summed E-state index contributed by atoms with van der Waals surface area (Å²) in [6.45, 7) is 20.7. The quantitative estimate of drug-likeness (QED) is 0.0193. The lowest BCUT2D eigenvalue weighted by atomic mass is 10.2. The first kappa shape index (κ1) is 124. The number of hydrogen-bond acceptors (Lipinski definition) is 42. The number of unbranched alkanes of at least 4 members (excludes halogenated alkanes) is 6. The predicted octanol–water partition coefficient (Wildman–Crippen LogP) is 17.3. The molecule has 0 spiro atoms. The van der Waals surface area contributed by atoms with Crippen LogP contribution in [-0.2, 0) is 85.6 Å². The van der Waals surface area contributed by atoms with Gasteiger partial charge in [0, 0.05) is 135 Å². The van der Waals surface area contributed by atoms with Crippen LogP contribution in [0, 0.1) is 0 Å². The zero-order chi connectivity index (χ0) is 107. The summed E-state index contributed by atoms with van der Waals surface area (Å²) in [6, 6.07) is 32.3. The number of hydrogen-bond donors (Lipinski definition) is 6. The molecule has 42 heteroatoms. The maximum absolute atomic E-state index is 11.7. The van der Waals surface area contributed by atoms with Gasteiger partial charge in [-0.15, -0.1) is 0 Å². The van der Waals surface area contributed by atoms with Crippen LogP contribution < -0.4 is 88.7 Å². The van der Waals surface area contributed by atoms with Gasteiger partial charge in [0.15, 0.2) is 34.5 Å². The van der Waals surface area contributed by atoms with Crippen LogP contribution in [0.15, 0.2) is 109 Å². The molecule has 0 atom stereocenters. The number of nitrogens with one attached hydrogen (secondary N) is 6. The Morgan fingerprint density at radius 1 is 0.187 bits per heavy atom. The highest BCUT2D eigenvalue weighted by Crippen LogP contribution is 2.40. The first-order valence-corrected chi connectivity index (χ1v) is 51.0. The van der Waals surface area contributed by atoms with Gasteiger partial charge in [-0.25, -0.2) is 0 Å². The summed E-state index contributed by atoms with van der Waals surface area (Å²) in [5.41, 5.74) is 3.21. The summed E-state index contributed by atoms with van der Waals surface area (Å²) in [4.78, 5) is 98.5. The lowest BCUT2D eigenvalue weighted by Crippen LogP contribution is -2.13. The highest BCUT2D eigenvalue weighted by Gasteiger charge is 2.22. The third-order valence-corrected chi connectivity index (χ3v) is 21.1. The molecular formula is C108H156N12O30. The summed E-state index contributed by atoms with van der Waals surface area (Å²) in [5, 5.41) is 20.0. The minimum atomic E-state index is 0.101. The fraction of sp³-hybridized carbons (Fsp3) is 0.556. The first-order chi connectivity index (χ1) is 73.1. The molecule has 6 aromatic carbocycles. The van der Waals surface area contributed by atoms with Crippen molar-refractivity contribution in [2.45, 2.75) is 157 Å². The molecule has 8 rings (SSSR count). The summed E-state index contributed by atoms with van der Waals surface area (Å²) >= 11 is 0. The van der Waals surface area contributed by atoms with Gasteiger partial charge < -0.3 is 174 Å². The number of rotatable bonds is 90. The van der Waals surface area contributed by atoms with Crippen molar-refractivity contribution >= 4 is 105 Å². The fourth-order valence-corrected chi connectivity index (χ4v) is 13.5. The summed E-state index contributed by atoms with van der Waals surface area (Å²) < 4.78 is 138. The van der Waals surface area contributed by atoms with E-state index < -0.39 is 0 Å². The fourth-order valence-electron chi connectivity index (χ4n) is 13.5. The monoisotopic (exact) mass is 2100 g/mol. The molecule has 2 aromatic heterocycles. The molecule has 42 nitrogen and oxygen atoms in total. The Kier molecular flexibility index (Phi) is 64.2. The highest BCUT2D eigenvalue weighted by molar-refractivity contribution is 5.78. The molecular weight excluding hydrogens is 1950 g/mol. The maximum Gasteiger partial charge on any atom is 0.233 e. The Balaban J connectivity index is 0.000000406. The molecule has 0 aliphatic rings. The van der Waals surface area contributed by atoms with Crippen molar-refractivity contribution in [3.8, 4) is 69.0 Å². The molecule has 0 radical (unpaired) electrons. The summed E-state index contributed by atoms with van der Waals surface area (Å²) in [7, 11) is 9.72. The Labute approximate surface area is 880 Å². The minimum absolute atomic E-state index is 0.101. The molecule has 8 aromatic rings. The van der Waals surface area contributed by atoms with Crippen LogP contribution in [0.3, 0.4) is 0 Å². The van der Waals surface area contributed by atoms with E-state index in [0.717, 1.165) is 0 Å². The van der Waals surface area contributed by atoms with Crippen LogP contribution in [0.5, 0.6) is 69.0 Å². The normalized spacial score (nSPS) is 11.0. The van der Waals surface area contributed by atoms with Crippen molar-refractivity contribution < 1.29 is 142 Å². The summed E-state index contributed by atoms with van der Waals surface area (Å²) in [6.07, 6.45) is 10.9. The van der Waals surface area contributed by atoms with E-state index in [4.69, 9.17) is 144 Å². The zero-order valence-corrected chi connectivity index (χ0v) is 89.3. The van der Waals surface area contributed by atoms with Crippen molar-refractivity contribution in [1.29, 1.82) is 0 Å². The van der Waals surface area contributed by atoms with Crippen LogP contribution in [0.4, 0.5) is 69.8 Å². The molecule has 0 fully saturated rings. The van der Waals surface area contributed by atoms with Gasteiger partial charge in [0.25, 0.3) is 0 Å². The first-order valence-electron chi connectivity index (χ1n) is 51.0. The topological polar surface area (TPSA) is 473 Å². The zero-order valence-electron chi connectivity index (χ0n) is 89.3. The number of anilines is 12. The Bertz CT molecular complexity index is 4650. The van der Waals surface area contributed by atoms with Gasteiger partial charge >= 0.3 is 0 Å². The van der Waals surface area contributed by atoms with Gasteiger partial charge in [0.1, 0.15) is 109 Å². The van der Waals surface area contributed by atoms with Gasteiger partial charge in [-0.2, -0.15) is 29.9 Å². The summed E-state index contributed by atoms with van der Waals surface area (Å²) in [5.74, 6) is 7.50. The lowest BCUT2D eigenvalue weighted by molar-refractivity contribution is -0.118. The van der Waals surface area contributed by atoms with Crippen LogP contribution in [-0.4, -0.2) is 305 Å². The Morgan fingerprint density at radius 2 is 0.367 bits per heavy atom. The maximum atomic E-state index is 11.7. The smallest absolute Gasteiger partial charge is 0.233 e. The van der Waals surface area contributed by atoms with Crippen molar-refractivity contribution in [3.63, 3.8) is 0 Å². The van der Waals surface area contributed by atoms with Gasteiger partial charge in [0.2, 0.25) is 35.7 Å². The molecule has 2 heterocycles. The number of carbonyl (C=O) groups is 6. The molecule has 6 N–H and O–H groups in total. The third-order valence-electron chi connectivity index (χ3n) is 21.1. The molecule has 150 heavy (non-hydrogen) atoms. The lowest BCUT2D eigenvalue weighted by Gasteiger charge is -2.18. The number of benzene rings is 6. The predicted molar refractivity (Wildman–Crippen MR) is 567 cm³/mol. The van der Waals surface area contributed by atoms with Crippen molar-refractivity contribution in [3.05, 3.63) is 109 Å². The van der Waals surface area contributed by atoms with Crippen LogP contribution in [0.25, 0.3) is 0 Å². The molecule has 0 aliphatic carbocycles. The van der Waals surface area contributed by atoms with Gasteiger partial charge in [-0.1, -0.05) is 0 Å². The van der Waals surface area contributed by atoms with Crippen LogP contribution >= 0.6 is 0 Å². The number of aromatic nitrogens is 6. The largest absolute Gasteiger partial charge is 0.494 e. The van der Waals surface area contributed by atoms with E-state index in [-0.39, 0.29) is 110 Å². The van der Waals surface area contributed by atoms with Crippen molar-refractivity contribution in [1.82, 2.24) is 29.9 Å². The second-order valence-electron chi connectivity index (χ2n) is 34.1. The van der Waals surface area contributed by atoms with E-state index in [0.29, 0.717) is 377 Å². The second kappa shape index (κ2) is 77.6. The van der Waals surface area contributed by atoms with E-state index in [9.17, 15) is 28.8 Å². The van der Waals surface area contributed by atoms with Gasteiger partial charge in [-0.05, 0) is 191 Å². The van der Waals surface area contributed by atoms with E-state index in [2.05, 4.69) is 31.9 Å². The van der Waals surface area contributed by atoms with E-state index >= 15 is 0 Å². The molecule has 0 saturated heterocycles. The van der Waals surface area contributed by atoms with Crippen LogP contribution in [0.1, 0.15) is 157 Å². The minimum Gasteiger partial charge on any atom is -0.494 e. The Hall–Kier alpha value is -12.7. The Morgan fingerprint density at radius 3 is 0.573 bits per heavy atom.